The molecule has 0 N–H and O–H groups in total. The van der Waals surface area contributed by atoms with Crippen molar-refractivity contribution in [1.82, 2.24) is 0 Å². The number of hydrogen-bond acceptors (Lipinski definition) is 25. The minimum atomic E-state index is -6.48. The smallest absolute Gasteiger partial charge is 0.423 e. The van der Waals surface area contributed by atoms with E-state index in [9.17, 15) is 167 Å². The third-order valence-corrected chi connectivity index (χ3v) is 34.5. The lowest BCUT2D eigenvalue weighted by Gasteiger charge is -2.29. The first-order valence-electron chi connectivity index (χ1n) is 39.7. The van der Waals surface area contributed by atoms with Gasteiger partial charge in [-0.3, -0.25) is 0 Å². The van der Waals surface area contributed by atoms with Crippen LogP contribution in [0.15, 0.2) is 0 Å². The summed E-state index contributed by atoms with van der Waals surface area (Å²) in [4.78, 5) is 0. The van der Waals surface area contributed by atoms with Crippen LogP contribution in [-0.4, -0.2) is 361 Å². The van der Waals surface area contributed by atoms with E-state index >= 15 is 0 Å². The van der Waals surface area contributed by atoms with E-state index < -0.39 is 180 Å². The van der Waals surface area contributed by atoms with Crippen LogP contribution < -0.4 is 0 Å². The molecule has 133 heavy (non-hydrogen) atoms. The maximum absolute atomic E-state index is 12.1. The first kappa shape index (κ1) is 152. The highest BCUT2D eigenvalue weighted by Gasteiger charge is 2.47. The third-order valence-electron chi connectivity index (χ3n) is 15.8. The highest BCUT2D eigenvalue weighted by Crippen LogP contribution is 2.39. The molecule has 0 saturated carbocycles. The van der Waals surface area contributed by atoms with E-state index in [2.05, 4.69) is 203 Å². The van der Waals surface area contributed by atoms with E-state index in [0.29, 0.717) is 6.26 Å². The van der Waals surface area contributed by atoms with Crippen LogP contribution in [0.5, 0.6) is 0 Å². The summed E-state index contributed by atoms with van der Waals surface area (Å²) in [5.41, 5.74) is -18.1. The number of alkyl halides is 17. The van der Waals surface area contributed by atoms with Gasteiger partial charge in [0, 0.05) is 60.2 Å². The number of nitrogens with zero attached hydrogens (tertiary/aromatic N) is 10. The predicted octanol–water partition coefficient (Wildman–Crippen LogP) is 15.9. The molecule has 0 aliphatic heterocycles. The Morgan fingerprint density at radius 1 is 0.233 bits per heavy atom. The summed E-state index contributed by atoms with van der Waals surface area (Å²) in [6.45, 7) is 60.6. The zero-order valence-corrected chi connectivity index (χ0v) is 95.7. The Hall–Kier alpha value is -1.35. The van der Waals surface area contributed by atoms with Gasteiger partial charge in [0.1, 0.15) is 43.2 Å². The van der Waals surface area contributed by atoms with Gasteiger partial charge in [-0.1, -0.05) is 6.42 Å². The molecule has 818 valence electrons. The molecule has 0 aromatic rings. The summed E-state index contributed by atoms with van der Waals surface area (Å²) < 4.78 is 465. The van der Waals surface area contributed by atoms with Crippen molar-refractivity contribution in [2.24, 2.45) is 0 Å². The van der Waals surface area contributed by atoms with Crippen molar-refractivity contribution in [1.29, 1.82) is 0 Å². The van der Waals surface area contributed by atoms with Gasteiger partial charge in [-0.15, -0.1) is 7.77 Å². The molecular weight excluding hydrogens is 2130 g/mol. The number of quaternary nitrogens is 5. The molecule has 0 aromatic heterocycles. The van der Waals surface area contributed by atoms with Crippen LogP contribution in [0.4, 0.5) is 82.4 Å². The van der Waals surface area contributed by atoms with Gasteiger partial charge in [0.15, 0.2) is 81.7 Å². The van der Waals surface area contributed by atoms with Crippen molar-refractivity contribution in [3.8, 4) is 0 Å². The molecule has 0 bridgehead atoms. The van der Waals surface area contributed by atoms with E-state index in [1.54, 1.807) is 0 Å². The van der Waals surface area contributed by atoms with Gasteiger partial charge in [-0.05, 0) is 165 Å². The molecule has 0 atom stereocenters. The van der Waals surface area contributed by atoms with Crippen LogP contribution in [0.3, 0.4) is 0 Å². The maximum atomic E-state index is 12.1. The van der Waals surface area contributed by atoms with Gasteiger partial charge >= 0.3 is 37.5 Å². The first-order chi connectivity index (χ1) is 57.1. The largest absolute Gasteiger partial charge is 0.480 e. The minimum absolute atomic E-state index is 0.114. The monoisotopic (exact) mass is 2280 g/mol. The maximum Gasteiger partial charge on any atom is 0.480 e. The van der Waals surface area contributed by atoms with Gasteiger partial charge < -0.3 is 65.2 Å². The van der Waals surface area contributed by atoms with Crippen LogP contribution in [0, 0.1) is 0 Å². The molecule has 0 spiro atoms. The van der Waals surface area contributed by atoms with Gasteiger partial charge in [0.05, 0.1) is 146 Å². The molecule has 0 heterocycles. The number of halogens is 19. The summed E-state index contributed by atoms with van der Waals surface area (Å²) in [5, 5.41) is -18.5. The quantitative estimate of drug-likeness (QED) is 0.0180. The number of rotatable bonds is 46. The first-order valence-corrected chi connectivity index (χ1v) is 71.3. The highest BCUT2D eigenvalue weighted by atomic mass is 32.3. The molecule has 0 unspecified atom stereocenters. The van der Waals surface area contributed by atoms with E-state index in [-0.39, 0.29) is 27.7 Å². The van der Waals surface area contributed by atoms with Crippen LogP contribution in [0.25, 0.3) is 20.6 Å². The molecule has 35 nitrogen and oxygen atoms in total. The molecule has 0 fully saturated rings. The Kier molecular flexibility index (Phi) is 67.6. The van der Waals surface area contributed by atoms with Crippen LogP contribution in [0.1, 0.15) is 107 Å². The fraction of sp³-hybridized carbons (Fsp3) is 1.00. The van der Waals surface area contributed by atoms with E-state index in [4.69, 9.17) is 22.1 Å². The predicted molar refractivity (Wildman–Crippen MR) is 491 cm³/mol. The standard InChI is InChI=1S/C13H32NOSi.C11H28NOSi.C10H26NOSi.2C9H24NOSi.3C3H3F5NO4S2.C2H3F3NO4S2.CH3FNO4S2/c1-7-14(2,3)12-10-8-9-11-13-15-16(4,5)6;1-7-12(2,3)10-8-9-11-13-14(4,5)6;1-7-11(2,3)9-8-10-12-13(4,5)6;2*1-7-10(2,3)8-9-11-12(4,5)6;3*1-2(4,5)14(10,11)9-15(12,13)3(6,7)8;1-2(3,4)11(7,8)6-12(5,9)10;1-8(4,5)3-9(2,6)7/h7-13H2,1-6H3;7-11H2,1-6H3;7-10H2,1-6H3;2*7-9H2,1-6H3;3*1H3;1H3;1H3/q5*+1;5*-1. The fourth-order valence-electron chi connectivity index (χ4n) is 6.31. The summed E-state index contributed by atoms with van der Waals surface area (Å²) in [6, 6.07) is 0. The topological polar surface area (TPSA) is 458 Å². The number of sulfonamides is 8. The second kappa shape index (κ2) is 59.2. The lowest BCUT2D eigenvalue weighted by Crippen LogP contribution is -2.43. The van der Waals surface area contributed by atoms with Crippen LogP contribution in [-0.2, 0) is 123 Å². The number of likely N-dealkylation sites (N-methyl/N-ethyl adjacent to an activating group) is 2. The molecular formula is C64H149F19N10O25S10Si5. The van der Waals surface area contributed by atoms with Crippen molar-refractivity contribution in [2.75, 3.05) is 175 Å². The second-order valence-electron chi connectivity index (χ2n) is 37.0. The average molecular weight is 2280 g/mol. The van der Waals surface area contributed by atoms with E-state index in [1.165, 1.54) is 101 Å². The molecule has 0 amide bonds. The molecule has 0 aliphatic rings. The lowest BCUT2D eigenvalue weighted by molar-refractivity contribution is -0.888. The Bertz CT molecular complexity index is 4120. The zero-order chi connectivity index (χ0) is 110. The molecule has 0 aromatic carbocycles. The van der Waals surface area contributed by atoms with Crippen molar-refractivity contribution in [2.45, 2.75) is 243 Å². The van der Waals surface area contributed by atoms with Crippen LogP contribution in [0.2, 0.25) is 98.2 Å². The van der Waals surface area contributed by atoms with Gasteiger partial charge in [0.25, 0.3) is 0 Å². The molecule has 69 heteroatoms. The van der Waals surface area contributed by atoms with Crippen molar-refractivity contribution < 1.29 is 211 Å². The van der Waals surface area contributed by atoms with Gasteiger partial charge in [0.2, 0.25) is 20.8 Å². The minimum Gasteiger partial charge on any atom is -0.423 e. The van der Waals surface area contributed by atoms with Crippen molar-refractivity contribution in [3.05, 3.63) is 20.6 Å². The van der Waals surface area contributed by atoms with Crippen molar-refractivity contribution in [3.63, 3.8) is 0 Å². The molecule has 0 rings (SSSR count). The van der Waals surface area contributed by atoms with Gasteiger partial charge in [-0.2, -0.15) is 74.6 Å². The normalized spacial score (nSPS) is 14.2. The zero-order valence-electron chi connectivity index (χ0n) is 82.5. The second-order valence-corrected chi connectivity index (χ2v) is 76.6. The molecule has 0 saturated heterocycles. The lowest BCUT2D eigenvalue weighted by atomic mass is 10.2. The Morgan fingerprint density at radius 3 is 0.549 bits per heavy atom. The molecule has 0 radical (unpaired) electrons. The van der Waals surface area contributed by atoms with Gasteiger partial charge in [-0.25, -0.2) is 84.2 Å². The highest BCUT2D eigenvalue weighted by molar-refractivity contribution is 8.14. The summed E-state index contributed by atoms with van der Waals surface area (Å²) >= 11 is 0. The van der Waals surface area contributed by atoms with Crippen molar-refractivity contribution >= 4 is 143 Å². The SMILES string of the molecule is CC(F)(F)S(=O)(=O)[N-]S(=O)(=O)C(F)(F)F.CC(F)(F)S(=O)(=O)[N-]S(=O)(=O)C(F)(F)F.CC(F)(F)S(=O)(=O)[N-]S(=O)(=O)C(F)(F)F.CC(F)(F)S(=O)(=O)[N-]S(=O)(=O)F.CC[N+](C)(C)CCCCCCO[Si](C)(C)C.CC[N+](C)(C)CCCCO[Si](C)(C)C.CC[N+](C)(C)CCCO[Si](C)(C)C.CC[N+](C)(C)CCO[Si](C)(C)C.CC[N+](C)(C)CCO[Si](C)(C)C.CS(=O)(=O)[N-]S(=O)(=O)F. The average Bonchev–Trinajstić information content (AvgIpc) is 0.793. The number of unbranched alkanes of at least 4 members (excludes halogenated alkanes) is 4. The van der Waals surface area contributed by atoms with Crippen LogP contribution >= 0.6 is 0 Å². The van der Waals surface area contributed by atoms with E-state index in [0.717, 1.165) is 80.9 Å². The molecule has 0 aliphatic carbocycles. The summed E-state index contributed by atoms with van der Waals surface area (Å²) in [7, 11) is -42.0. The summed E-state index contributed by atoms with van der Waals surface area (Å²) in [6.07, 6.45) is 9.44. The van der Waals surface area contributed by atoms with E-state index in [1.807, 2.05) is 4.13 Å². The Labute approximate surface area is 787 Å². The third kappa shape index (κ3) is 91.6. The Balaban J connectivity index is -0.000000158. The number of hydrogen-bond donors (Lipinski definition) is 0. The Morgan fingerprint density at radius 2 is 0.391 bits per heavy atom. The fourth-order valence-corrected chi connectivity index (χ4v) is 18.4. The summed E-state index contributed by atoms with van der Waals surface area (Å²) in [5.74, 6) is 0.